The molecule has 74 valence electrons. The van der Waals surface area contributed by atoms with Gasteiger partial charge in [-0.25, -0.2) is 0 Å². The van der Waals surface area contributed by atoms with Gasteiger partial charge >= 0.3 is 0 Å². The molecule has 0 amide bonds. The number of hydrogen-bond donors (Lipinski definition) is 1. The molecule has 0 bridgehead atoms. The van der Waals surface area contributed by atoms with Crippen LogP contribution in [0.15, 0.2) is 30.3 Å². The van der Waals surface area contributed by atoms with E-state index in [2.05, 4.69) is 0 Å². The molecule has 14 heavy (non-hydrogen) atoms. The van der Waals surface area contributed by atoms with Gasteiger partial charge in [-0.3, -0.25) is 4.79 Å². The van der Waals surface area contributed by atoms with E-state index in [0.29, 0.717) is 12.1 Å². The summed E-state index contributed by atoms with van der Waals surface area (Å²) in [6, 6.07) is 9.40. The summed E-state index contributed by atoms with van der Waals surface area (Å²) in [4.78, 5) is 11.4. The molecule has 1 aromatic rings. The zero-order chi connectivity index (χ0) is 10.6. The molecular weight excluding hydrogens is 174 g/mol. The Bertz CT molecular complexity index is 329. The normalized spacial score (nSPS) is 12.1. The van der Waals surface area contributed by atoms with E-state index in [0.717, 1.165) is 5.56 Å². The Morgan fingerprint density at radius 2 is 1.93 bits per heavy atom. The summed E-state index contributed by atoms with van der Waals surface area (Å²) in [6.07, 6.45) is 0.496. The maximum Gasteiger partial charge on any atom is 0.141 e. The Labute approximate surface area is 84.5 Å². The van der Waals surface area contributed by atoms with Crippen LogP contribution < -0.4 is 0 Å². The first kappa shape index (κ1) is 10.6. The van der Waals surface area contributed by atoms with Crippen LogP contribution in [0.25, 0.3) is 0 Å². The van der Waals surface area contributed by atoms with E-state index >= 15 is 0 Å². The quantitative estimate of drug-likeness (QED) is 0.727. The highest BCUT2D eigenvalue weighted by Gasteiger charge is 2.16. The Hall–Kier alpha value is -1.44. The van der Waals surface area contributed by atoms with Gasteiger partial charge in [0.2, 0.25) is 0 Å². The van der Waals surface area contributed by atoms with E-state index < -0.39 is 0 Å². The number of carbonyl (C=O) groups is 1. The van der Waals surface area contributed by atoms with Gasteiger partial charge in [0, 0.05) is 12.1 Å². The molecule has 1 N–H and O–H groups in total. The first-order chi connectivity index (χ1) is 6.66. The van der Waals surface area contributed by atoms with Crippen molar-refractivity contribution in [1.29, 1.82) is 5.41 Å². The molecule has 0 aliphatic heterocycles. The van der Waals surface area contributed by atoms with Crippen molar-refractivity contribution in [2.45, 2.75) is 20.3 Å². The van der Waals surface area contributed by atoms with Crippen LogP contribution >= 0.6 is 0 Å². The van der Waals surface area contributed by atoms with Crippen molar-refractivity contribution in [3.8, 4) is 0 Å². The maximum absolute atomic E-state index is 11.4. The van der Waals surface area contributed by atoms with Crippen molar-refractivity contribution in [2.75, 3.05) is 0 Å². The molecule has 0 aliphatic rings. The first-order valence-corrected chi connectivity index (χ1v) is 4.83. The minimum Gasteiger partial charge on any atom is -0.304 e. The molecule has 1 rings (SSSR count). The van der Waals surface area contributed by atoms with E-state index in [1.807, 2.05) is 37.3 Å². The van der Waals surface area contributed by atoms with Gasteiger partial charge in [0.05, 0.1) is 5.92 Å². The summed E-state index contributed by atoms with van der Waals surface area (Å²) >= 11 is 0. The van der Waals surface area contributed by atoms with Gasteiger partial charge in [0.25, 0.3) is 0 Å². The summed E-state index contributed by atoms with van der Waals surface area (Å²) in [5, 5.41) is 7.85. The van der Waals surface area contributed by atoms with Crippen molar-refractivity contribution in [2.24, 2.45) is 5.92 Å². The fourth-order valence-electron chi connectivity index (χ4n) is 1.33. The topological polar surface area (TPSA) is 40.9 Å². The van der Waals surface area contributed by atoms with Crippen molar-refractivity contribution in [3.05, 3.63) is 35.9 Å². The van der Waals surface area contributed by atoms with Crippen LogP contribution in [-0.4, -0.2) is 11.5 Å². The predicted octanol–water partition coefficient (Wildman–Crippen LogP) is 2.67. The van der Waals surface area contributed by atoms with Gasteiger partial charge in [-0.1, -0.05) is 37.3 Å². The van der Waals surface area contributed by atoms with Gasteiger partial charge in [0.15, 0.2) is 0 Å². The third-order valence-electron chi connectivity index (χ3n) is 2.35. The van der Waals surface area contributed by atoms with Crippen LogP contribution in [-0.2, 0) is 4.79 Å². The lowest BCUT2D eigenvalue weighted by Gasteiger charge is -2.10. The van der Waals surface area contributed by atoms with Gasteiger partial charge in [-0.15, -0.1) is 0 Å². The number of carbonyl (C=O) groups excluding carboxylic acids is 1. The molecule has 0 aromatic heterocycles. The number of ketones is 1. The van der Waals surface area contributed by atoms with Gasteiger partial charge < -0.3 is 5.41 Å². The molecule has 0 saturated carbocycles. The Morgan fingerprint density at radius 1 is 1.36 bits per heavy atom. The molecule has 0 radical (unpaired) electrons. The SMILES string of the molecule is CCC(=O)C(C)C(=N)c1ccccc1. The van der Waals surface area contributed by atoms with E-state index in [-0.39, 0.29) is 11.7 Å². The van der Waals surface area contributed by atoms with Crippen molar-refractivity contribution >= 4 is 11.5 Å². The van der Waals surface area contributed by atoms with Crippen LogP contribution in [0.5, 0.6) is 0 Å². The van der Waals surface area contributed by atoms with Crippen LogP contribution in [0.2, 0.25) is 0 Å². The van der Waals surface area contributed by atoms with E-state index in [9.17, 15) is 4.79 Å². The smallest absolute Gasteiger partial charge is 0.141 e. The minimum absolute atomic E-state index is 0.124. The van der Waals surface area contributed by atoms with Crippen molar-refractivity contribution in [3.63, 3.8) is 0 Å². The molecule has 1 aromatic carbocycles. The third kappa shape index (κ3) is 2.28. The summed E-state index contributed by atoms with van der Waals surface area (Å²) in [5.41, 5.74) is 1.25. The van der Waals surface area contributed by atoms with Crippen LogP contribution in [0.4, 0.5) is 0 Å². The molecule has 0 heterocycles. The standard InChI is InChI=1S/C12H15NO/c1-3-11(14)9(2)12(13)10-7-5-4-6-8-10/h4-9,13H,3H2,1-2H3. The average Bonchev–Trinajstić information content (AvgIpc) is 2.27. The number of rotatable bonds is 4. The highest BCUT2D eigenvalue weighted by Crippen LogP contribution is 2.10. The number of Topliss-reactive ketones (excluding diaryl/α,β-unsaturated/α-hetero) is 1. The molecule has 1 unspecified atom stereocenters. The monoisotopic (exact) mass is 189 g/mol. The summed E-state index contributed by atoms with van der Waals surface area (Å²) < 4.78 is 0. The lowest BCUT2D eigenvalue weighted by molar-refractivity contribution is -0.120. The summed E-state index contributed by atoms with van der Waals surface area (Å²) in [7, 11) is 0. The molecule has 1 atom stereocenters. The second-order valence-corrected chi connectivity index (χ2v) is 3.32. The van der Waals surface area contributed by atoms with Crippen molar-refractivity contribution < 1.29 is 4.79 Å². The van der Waals surface area contributed by atoms with E-state index in [1.165, 1.54) is 0 Å². The second-order valence-electron chi connectivity index (χ2n) is 3.32. The minimum atomic E-state index is -0.289. The van der Waals surface area contributed by atoms with Gasteiger partial charge in [0.1, 0.15) is 5.78 Å². The number of nitrogens with one attached hydrogen (secondary N) is 1. The molecule has 0 fully saturated rings. The van der Waals surface area contributed by atoms with E-state index in [1.54, 1.807) is 6.92 Å². The Morgan fingerprint density at radius 3 is 2.43 bits per heavy atom. The van der Waals surface area contributed by atoms with Gasteiger partial charge in [-0.2, -0.15) is 0 Å². The Kier molecular flexibility index (Phi) is 3.57. The highest BCUT2D eigenvalue weighted by atomic mass is 16.1. The second kappa shape index (κ2) is 4.70. The zero-order valence-corrected chi connectivity index (χ0v) is 8.58. The molecule has 0 saturated heterocycles. The average molecular weight is 189 g/mol. The van der Waals surface area contributed by atoms with Gasteiger partial charge in [-0.05, 0) is 12.5 Å². The fraction of sp³-hybridized carbons (Fsp3) is 0.333. The summed E-state index contributed by atoms with van der Waals surface area (Å²) in [5.74, 6) is -0.166. The number of hydrogen-bond acceptors (Lipinski definition) is 2. The largest absolute Gasteiger partial charge is 0.304 e. The fourth-order valence-corrected chi connectivity index (χ4v) is 1.33. The van der Waals surface area contributed by atoms with E-state index in [4.69, 9.17) is 5.41 Å². The third-order valence-corrected chi connectivity index (χ3v) is 2.35. The summed E-state index contributed by atoms with van der Waals surface area (Å²) in [6.45, 7) is 3.62. The zero-order valence-electron chi connectivity index (χ0n) is 8.58. The lowest BCUT2D eigenvalue weighted by atomic mass is 9.93. The molecular formula is C12H15NO. The lowest BCUT2D eigenvalue weighted by Crippen LogP contribution is -2.20. The van der Waals surface area contributed by atoms with Crippen LogP contribution in [0.3, 0.4) is 0 Å². The molecule has 2 heteroatoms. The molecule has 2 nitrogen and oxygen atoms in total. The Balaban J connectivity index is 2.81. The predicted molar refractivity (Wildman–Crippen MR) is 57.7 cm³/mol. The highest BCUT2D eigenvalue weighted by molar-refractivity contribution is 6.11. The maximum atomic E-state index is 11.4. The number of benzene rings is 1. The van der Waals surface area contributed by atoms with Crippen LogP contribution in [0, 0.1) is 11.3 Å². The van der Waals surface area contributed by atoms with Crippen molar-refractivity contribution in [1.82, 2.24) is 0 Å². The van der Waals surface area contributed by atoms with Crippen LogP contribution in [0.1, 0.15) is 25.8 Å². The molecule has 0 aliphatic carbocycles. The molecule has 0 spiro atoms. The first-order valence-electron chi connectivity index (χ1n) is 4.83.